The van der Waals surface area contributed by atoms with Crippen LogP contribution in [0.4, 0.5) is 4.39 Å². The molecule has 2 aromatic carbocycles. The molecule has 1 aromatic heterocycles. The number of nitrogens with zero attached hydrogens (tertiary/aromatic N) is 3. The van der Waals surface area contributed by atoms with E-state index in [0.29, 0.717) is 48.0 Å². The van der Waals surface area contributed by atoms with Gasteiger partial charge in [0.25, 0.3) is 5.91 Å². The topological polar surface area (TPSA) is 56.6 Å². The highest BCUT2D eigenvalue weighted by atomic mass is 35.5. The molecule has 0 spiro atoms. The second-order valence-corrected chi connectivity index (χ2v) is 7.45. The van der Waals surface area contributed by atoms with E-state index in [0.717, 1.165) is 11.1 Å². The predicted molar refractivity (Wildman–Crippen MR) is 111 cm³/mol. The fourth-order valence-electron chi connectivity index (χ4n) is 3.71. The molecule has 156 valence electrons. The van der Waals surface area contributed by atoms with Crippen LogP contribution in [0.5, 0.6) is 11.5 Å². The normalized spacial score (nSPS) is 13.2. The van der Waals surface area contributed by atoms with E-state index in [1.807, 2.05) is 12.1 Å². The summed E-state index contributed by atoms with van der Waals surface area (Å²) in [6.07, 6.45) is 0.699. The minimum Gasteiger partial charge on any atom is -0.493 e. The molecule has 0 saturated carbocycles. The van der Waals surface area contributed by atoms with Crippen LogP contribution >= 0.6 is 11.6 Å². The van der Waals surface area contributed by atoms with Crippen LogP contribution in [0, 0.1) is 12.7 Å². The first-order chi connectivity index (χ1) is 14.4. The zero-order chi connectivity index (χ0) is 21.4. The Morgan fingerprint density at radius 1 is 1.10 bits per heavy atom. The van der Waals surface area contributed by atoms with Crippen molar-refractivity contribution in [2.45, 2.75) is 19.9 Å². The number of rotatable bonds is 4. The minimum atomic E-state index is -0.353. The van der Waals surface area contributed by atoms with Crippen molar-refractivity contribution in [1.82, 2.24) is 14.7 Å². The van der Waals surface area contributed by atoms with Crippen LogP contribution in [-0.2, 0) is 13.0 Å². The van der Waals surface area contributed by atoms with Gasteiger partial charge in [-0.25, -0.2) is 9.07 Å². The highest BCUT2D eigenvalue weighted by molar-refractivity contribution is 6.33. The van der Waals surface area contributed by atoms with E-state index < -0.39 is 0 Å². The molecule has 4 rings (SSSR count). The number of hydrogen-bond donors (Lipinski definition) is 0. The third kappa shape index (κ3) is 3.50. The second-order valence-electron chi connectivity index (χ2n) is 7.09. The van der Waals surface area contributed by atoms with Crippen molar-refractivity contribution in [2.75, 3.05) is 20.8 Å². The molecule has 3 aromatic rings. The minimum absolute atomic E-state index is 0.189. The Morgan fingerprint density at radius 2 is 1.73 bits per heavy atom. The Labute approximate surface area is 178 Å². The first-order valence-corrected chi connectivity index (χ1v) is 9.84. The number of halogens is 2. The van der Waals surface area contributed by atoms with Gasteiger partial charge in [0.2, 0.25) is 0 Å². The first kappa shape index (κ1) is 20.2. The summed E-state index contributed by atoms with van der Waals surface area (Å²) >= 11 is 6.53. The Kier molecular flexibility index (Phi) is 5.39. The molecule has 8 heteroatoms. The number of ether oxygens (including phenoxy) is 2. The molecule has 0 unspecified atom stereocenters. The number of hydrogen-bond acceptors (Lipinski definition) is 4. The Balaban J connectivity index is 1.64. The molecule has 1 aliphatic rings. The van der Waals surface area contributed by atoms with Gasteiger partial charge in [0.05, 0.1) is 31.2 Å². The summed E-state index contributed by atoms with van der Waals surface area (Å²) in [6, 6.07) is 9.66. The van der Waals surface area contributed by atoms with Gasteiger partial charge in [0, 0.05) is 13.1 Å². The number of aryl methyl sites for hydroxylation is 1. The summed E-state index contributed by atoms with van der Waals surface area (Å²) in [5.74, 6) is 0.764. The lowest BCUT2D eigenvalue weighted by Gasteiger charge is -2.29. The highest BCUT2D eigenvalue weighted by Crippen LogP contribution is 2.34. The van der Waals surface area contributed by atoms with Crippen LogP contribution in [0.2, 0.25) is 5.15 Å². The van der Waals surface area contributed by atoms with E-state index in [2.05, 4.69) is 5.10 Å². The third-order valence-corrected chi connectivity index (χ3v) is 5.64. The van der Waals surface area contributed by atoms with Crippen molar-refractivity contribution in [1.29, 1.82) is 0 Å². The van der Waals surface area contributed by atoms with Gasteiger partial charge in [-0.1, -0.05) is 11.6 Å². The fourth-order valence-corrected chi connectivity index (χ4v) is 4.06. The lowest BCUT2D eigenvalue weighted by molar-refractivity contribution is 0.0734. The average molecular weight is 430 g/mol. The average Bonchev–Trinajstić information content (AvgIpc) is 3.06. The number of carbonyl (C=O) groups is 1. The van der Waals surface area contributed by atoms with Crippen LogP contribution in [0.1, 0.15) is 27.2 Å². The monoisotopic (exact) mass is 429 g/mol. The molecule has 0 atom stereocenters. The largest absolute Gasteiger partial charge is 0.493 e. The van der Waals surface area contributed by atoms with E-state index >= 15 is 0 Å². The quantitative estimate of drug-likeness (QED) is 0.624. The maximum Gasteiger partial charge on any atom is 0.259 e. The molecule has 0 bridgehead atoms. The lowest BCUT2D eigenvalue weighted by Crippen LogP contribution is -2.36. The summed E-state index contributed by atoms with van der Waals surface area (Å²) < 4.78 is 25.5. The van der Waals surface area contributed by atoms with Gasteiger partial charge in [-0.3, -0.25) is 4.79 Å². The number of amides is 1. The van der Waals surface area contributed by atoms with Crippen LogP contribution in [0.25, 0.3) is 5.69 Å². The fraction of sp³-hybridized carbons (Fsp3) is 0.273. The zero-order valence-corrected chi connectivity index (χ0v) is 17.7. The first-order valence-electron chi connectivity index (χ1n) is 9.47. The molecule has 1 amide bonds. The van der Waals surface area contributed by atoms with E-state index in [1.54, 1.807) is 38.2 Å². The molecule has 0 aliphatic carbocycles. The van der Waals surface area contributed by atoms with E-state index in [4.69, 9.17) is 21.1 Å². The van der Waals surface area contributed by atoms with Gasteiger partial charge in [0.1, 0.15) is 11.0 Å². The maximum absolute atomic E-state index is 13.3. The zero-order valence-electron chi connectivity index (χ0n) is 16.9. The van der Waals surface area contributed by atoms with E-state index in [9.17, 15) is 9.18 Å². The second kappa shape index (κ2) is 7.99. The van der Waals surface area contributed by atoms with Gasteiger partial charge >= 0.3 is 0 Å². The summed E-state index contributed by atoms with van der Waals surface area (Å²) in [7, 11) is 3.19. The molecule has 2 heterocycles. The van der Waals surface area contributed by atoms with Crippen LogP contribution in [-0.4, -0.2) is 41.4 Å². The smallest absolute Gasteiger partial charge is 0.259 e. The summed E-state index contributed by atoms with van der Waals surface area (Å²) in [6.45, 7) is 2.73. The maximum atomic E-state index is 13.3. The van der Waals surface area contributed by atoms with Gasteiger partial charge < -0.3 is 14.4 Å². The standard InChI is InChI=1S/C22H21ClFN3O3/c1-13-20(21(23)27(25-13)17-6-4-16(24)5-7-17)22(28)26-9-8-14-10-18(29-2)19(30-3)11-15(14)12-26/h4-7,10-11H,8-9,12H2,1-3H3. The molecule has 6 nitrogen and oxygen atoms in total. The summed E-state index contributed by atoms with van der Waals surface area (Å²) in [5.41, 5.74) is 3.59. The van der Waals surface area contributed by atoms with Crippen LogP contribution < -0.4 is 9.47 Å². The molecule has 0 N–H and O–H groups in total. The molecule has 30 heavy (non-hydrogen) atoms. The SMILES string of the molecule is COc1cc2c(cc1OC)CN(C(=O)c1c(C)nn(-c3ccc(F)cc3)c1Cl)CC2. The third-order valence-electron chi connectivity index (χ3n) is 5.29. The van der Waals surface area contributed by atoms with Crippen molar-refractivity contribution in [3.8, 4) is 17.2 Å². The lowest BCUT2D eigenvalue weighted by atomic mass is 9.98. The Bertz CT molecular complexity index is 1110. The number of aromatic nitrogens is 2. The predicted octanol–water partition coefficient (Wildman–Crippen LogP) is 4.19. The van der Waals surface area contributed by atoms with Crippen molar-refractivity contribution in [2.24, 2.45) is 0 Å². The molecule has 0 fully saturated rings. The molecule has 1 aliphatic heterocycles. The number of carbonyl (C=O) groups excluding carboxylic acids is 1. The molecule has 0 saturated heterocycles. The highest BCUT2D eigenvalue weighted by Gasteiger charge is 2.29. The number of fused-ring (bicyclic) bond motifs is 1. The van der Waals surface area contributed by atoms with Crippen LogP contribution in [0.15, 0.2) is 36.4 Å². The Morgan fingerprint density at radius 3 is 2.37 bits per heavy atom. The van der Waals surface area contributed by atoms with Crippen molar-refractivity contribution in [3.05, 3.63) is 69.8 Å². The van der Waals surface area contributed by atoms with Gasteiger partial charge in [-0.2, -0.15) is 5.10 Å². The van der Waals surface area contributed by atoms with Gasteiger partial charge in [-0.05, 0) is 60.9 Å². The number of methoxy groups -OCH3 is 2. The van der Waals surface area contributed by atoms with Gasteiger partial charge in [-0.15, -0.1) is 0 Å². The van der Waals surface area contributed by atoms with Gasteiger partial charge in [0.15, 0.2) is 11.5 Å². The van der Waals surface area contributed by atoms with E-state index in [-0.39, 0.29) is 16.9 Å². The molecule has 0 radical (unpaired) electrons. The summed E-state index contributed by atoms with van der Waals surface area (Å²) in [4.78, 5) is 15.0. The van der Waals surface area contributed by atoms with Crippen molar-refractivity contribution < 1.29 is 18.7 Å². The van der Waals surface area contributed by atoms with E-state index in [1.165, 1.54) is 16.8 Å². The molecular weight excluding hydrogens is 409 g/mol. The van der Waals surface area contributed by atoms with Crippen molar-refractivity contribution >= 4 is 17.5 Å². The summed E-state index contributed by atoms with van der Waals surface area (Å²) in [5, 5.41) is 4.61. The Hall–Kier alpha value is -3.06. The van der Waals surface area contributed by atoms with Crippen LogP contribution in [0.3, 0.4) is 0 Å². The van der Waals surface area contributed by atoms with Crippen molar-refractivity contribution in [3.63, 3.8) is 0 Å². The number of benzene rings is 2. The molecular formula is C22H21ClFN3O3.